The normalized spacial score (nSPS) is 11.8. The van der Waals surface area contributed by atoms with Gasteiger partial charge in [0.2, 0.25) is 0 Å². The molecule has 1 atom stereocenters. The highest BCUT2D eigenvalue weighted by atomic mass is 16.6. The average molecular weight is 338 g/mol. The molecule has 0 amide bonds. The number of aryl methyl sites for hydroxylation is 1. The highest BCUT2D eigenvalue weighted by Crippen LogP contribution is 2.22. The Morgan fingerprint density at radius 2 is 1.88 bits per heavy atom. The van der Waals surface area contributed by atoms with Crippen molar-refractivity contribution in [3.63, 3.8) is 0 Å². The molecule has 0 bridgehead atoms. The van der Waals surface area contributed by atoms with Crippen molar-refractivity contribution in [1.82, 2.24) is 20.2 Å². The zero-order chi connectivity index (χ0) is 17.8. The summed E-state index contributed by atoms with van der Waals surface area (Å²) in [6.07, 6.45) is 0.765. The van der Waals surface area contributed by atoms with Crippen LogP contribution in [-0.2, 0) is 4.79 Å². The number of esters is 1. The third-order valence-electron chi connectivity index (χ3n) is 3.86. The maximum atomic E-state index is 12.2. The summed E-state index contributed by atoms with van der Waals surface area (Å²) in [5, 5.41) is 10.9. The fourth-order valence-electron chi connectivity index (χ4n) is 2.24. The van der Waals surface area contributed by atoms with Crippen molar-refractivity contribution < 1.29 is 14.3 Å². The zero-order valence-corrected chi connectivity index (χ0v) is 14.2. The Morgan fingerprint density at radius 1 is 1.12 bits per heavy atom. The lowest BCUT2D eigenvalue weighted by Crippen LogP contribution is -2.28. The summed E-state index contributed by atoms with van der Waals surface area (Å²) in [6.45, 7) is 5.62. The van der Waals surface area contributed by atoms with Gasteiger partial charge in [-0.1, -0.05) is 12.1 Å². The molecule has 0 saturated heterocycles. The number of aromatic nitrogens is 4. The number of hydrogen-bond donors (Lipinski definition) is 0. The van der Waals surface area contributed by atoms with Gasteiger partial charge in [0.25, 0.3) is 0 Å². The summed E-state index contributed by atoms with van der Waals surface area (Å²) in [6, 6.07) is 12.6. The molecule has 1 heterocycles. The SMILES string of the molecule is Cc1cccc(O[C@@H](C)C(=O)Oc2ccc(-n3cnnn3)cc2)c1C. The third-order valence-corrected chi connectivity index (χ3v) is 3.86. The van der Waals surface area contributed by atoms with Gasteiger partial charge in [-0.25, -0.2) is 9.48 Å². The second-order valence-electron chi connectivity index (χ2n) is 5.63. The molecule has 0 aliphatic heterocycles. The summed E-state index contributed by atoms with van der Waals surface area (Å²) in [7, 11) is 0. The minimum absolute atomic E-state index is 0.429. The summed E-state index contributed by atoms with van der Waals surface area (Å²) in [4.78, 5) is 12.2. The van der Waals surface area contributed by atoms with Crippen LogP contribution in [0.4, 0.5) is 0 Å². The Bertz CT molecular complexity index is 861. The van der Waals surface area contributed by atoms with E-state index in [1.54, 1.807) is 31.2 Å². The molecule has 0 fully saturated rings. The minimum atomic E-state index is -0.723. The number of ether oxygens (including phenoxy) is 2. The Balaban J connectivity index is 1.64. The summed E-state index contributed by atoms with van der Waals surface area (Å²) < 4.78 is 12.6. The van der Waals surface area contributed by atoms with E-state index in [1.165, 1.54) is 11.0 Å². The molecule has 3 rings (SSSR count). The molecule has 25 heavy (non-hydrogen) atoms. The quantitative estimate of drug-likeness (QED) is 0.526. The van der Waals surface area contributed by atoms with Gasteiger partial charge in [-0.15, -0.1) is 5.10 Å². The molecule has 0 unspecified atom stereocenters. The molecule has 0 spiro atoms. The molecular weight excluding hydrogens is 320 g/mol. The molecule has 1 aromatic heterocycles. The van der Waals surface area contributed by atoms with E-state index in [9.17, 15) is 4.79 Å². The fourth-order valence-corrected chi connectivity index (χ4v) is 2.24. The molecule has 0 aliphatic carbocycles. The minimum Gasteiger partial charge on any atom is -0.479 e. The van der Waals surface area contributed by atoms with Crippen molar-refractivity contribution >= 4 is 5.97 Å². The lowest BCUT2D eigenvalue weighted by molar-refractivity contribution is -0.141. The average Bonchev–Trinajstić information content (AvgIpc) is 3.14. The molecule has 7 heteroatoms. The smallest absolute Gasteiger partial charge is 0.352 e. The summed E-state index contributed by atoms with van der Waals surface area (Å²) in [5.41, 5.74) is 2.88. The number of carbonyl (C=O) groups is 1. The van der Waals surface area contributed by atoms with E-state index in [2.05, 4.69) is 15.5 Å². The van der Waals surface area contributed by atoms with Gasteiger partial charge in [0.05, 0.1) is 5.69 Å². The van der Waals surface area contributed by atoms with Gasteiger partial charge >= 0.3 is 5.97 Å². The Morgan fingerprint density at radius 3 is 2.56 bits per heavy atom. The fraction of sp³-hybridized carbons (Fsp3) is 0.222. The second-order valence-corrected chi connectivity index (χ2v) is 5.63. The first kappa shape index (κ1) is 16.6. The van der Waals surface area contributed by atoms with E-state index < -0.39 is 12.1 Å². The van der Waals surface area contributed by atoms with E-state index in [0.29, 0.717) is 11.5 Å². The third kappa shape index (κ3) is 3.82. The van der Waals surface area contributed by atoms with Crippen molar-refractivity contribution in [3.8, 4) is 17.2 Å². The van der Waals surface area contributed by atoms with Crippen LogP contribution >= 0.6 is 0 Å². The molecule has 7 nitrogen and oxygen atoms in total. The first-order valence-corrected chi connectivity index (χ1v) is 7.82. The van der Waals surface area contributed by atoms with E-state index in [0.717, 1.165) is 16.8 Å². The topological polar surface area (TPSA) is 79.1 Å². The molecular formula is C18H18N4O3. The van der Waals surface area contributed by atoms with E-state index in [-0.39, 0.29) is 0 Å². The van der Waals surface area contributed by atoms with Crippen LogP contribution in [0, 0.1) is 13.8 Å². The summed E-state index contributed by atoms with van der Waals surface area (Å²) in [5.74, 6) is 0.646. The van der Waals surface area contributed by atoms with E-state index in [4.69, 9.17) is 9.47 Å². The Labute approximate surface area is 145 Å². The lowest BCUT2D eigenvalue weighted by Gasteiger charge is -2.16. The van der Waals surface area contributed by atoms with Crippen molar-refractivity contribution in [2.45, 2.75) is 26.9 Å². The van der Waals surface area contributed by atoms with Crippen LogP contribution in [0.5, 0.6) is 11.5 Å². The van der Waals surface area contributed by atoms with Gasteiger partial charge in [-0.3, -0.25) is 0 Å². The maximum Gasteiger partial charge on any atom is 0.352 e. The van der Waals surface area contributed by atoms with Crippen LogP contribution in [0.15, 0.2) is 48.8 Å². The summed E-state index contributed by atoms with van der Waals surface area (Å²) >= 11 is 0. The number of benzene rings is 2. The number of nitrogens with zero attached hydrogens (tertiary/aromatic N) is 4. The van der Waals surface area contributed by atoms with Crippen molar-refractivity contribution in [2.75, 3.05) is 0 Å². The standard InChI is InChI=1S/C18H18N4O3/c1-12-5-4-6-17(13(12)2)24-14(3)18(23)25-16-9-7-15(8-10-16)22-11-19-20-21-22/h4-11,14H,1-3H3/t14-/m0/s1. The largest absolute Gasteiger partial charge is 0.479 e. The number of tetrazole rings is 1. The molecule has 0 radical (unpaired) electrons. The van der Waals surface area contributed by atoms with Crippen LogP contribution in [-0.4, -0.2) is 32.3 Å². The number of rotatable bonds is 5. The van der Waals surface area contributed by atoms with E-state index in [1.807, 2.05) is 32.0 Å². The molecule has 128 valence electrons. The van der Waals surface area contributed by atoms with Crippen LogP contribution in [0.2, 0.25) is 0 Å². The van der Waals surface area contributed by atoms with Crippen molar-refractivity contribution in [2.24, 2.45) is 0 Å². The van der Waals surface area contributed by atoms with Gasteiger partial charge in [-0.2, -0.15) is 0 Å². The molecule has 0 saturated carbocycles. The predicted molar refractivity (Wildman–Crippen MR) is 90.8 cm³/mol. The first-order chi connectivity index (χ1) is 12.0. The predicted octanol–water partition coefficient (Wildman–Crippen LogP) is 2.65. The highest BCUT2D eigenvalue weighted by molar-refractivity contribution is 5.77. The highest BCUT2D eigenvalue weighted by Gasteiger charge is 2.18. The molecule has 3 aromatic rings. The van der Waals surface area contributed by atoms with Gasteiger partial charge in [0, 0.05) is 0 Å². The van der Waals surface area contributed by atoms with Gasteiger partial charge in [0.15, 0.2) is 6.10 Å². The Kier molecular flexibility index (Phi) is 4.74. The maximum absolute atomic E-state index is 12.2. The van der Waals surface area contributed by atoms with Crippen molar-refractivity contribution in [1.29, 1.82) is 0 Å². The molecule has 0 aliphatic rings. The molecule has 0 N–H and O–H groups in total. The second kappa shape index (κ2) is 7.12. The Hall–Kier alpha value is -3.22. The lowest BCUT2D eigenvalue weighted by atomic mass is 10.1. The van der Waals surface area contributed by atoms with Gasteiger partial charge in [0.1, 0.15) is 17.8 Å². The monoisotopic (exact) mass is 338 g/mol. The van der Waals surface area contributed by atoms with Gasteiger partial charge < -0.3 is 9.47 Å². The van der Waals surface area contributed by atoms with E-state index >= 15 is 0 Å². The van der Waals surface area contributed by atoms with Crippen LogP contribution in [0.1, 0.15) is 18.1 Å². The van der Waals surface area contributed by atoms with Crippen LogP contribution < -0.4 is 9.47 Å². The first-order valence-electron chi connectivity index (χ1n) is 7.82. The molecule has 2 aromatic carbocycles. The van der Waals surface area contributed by atoms with Crippen LogP contribution in [0.25, 0.3) is 5.69 Å². The zero-order valence-electron chi connectivity index (χ0n) is 14.2. The van der Waals surface area contributed by atoms with Crippen molar-refractivity contribution in [3.05, 3.63) is 59.9 Å². The number of hydrogen-bond acceptors (Lipinski definition) is 6. The van der Waals surface area contributed by atoms with Crippen LogP contribution in [0.3, 0.4) is 0 Å². The number of carbonyl (C=O) groups excluding carboxylic acids is 1. The van der Waals surface area contributed by atoms with Gasteiger partial charge in [-0.05, 0) is 72.7 Å².